The Hall–Kier alpha value is -4.56. The molecule has 192 valence electrons. The molecule has 3 aromatic rings. The standard InChI is InChI=1S/C26H26N4O6S/c1-19-4-11-23(12-5-19)37(32,33)30(24-13-10-22(34-2)16-25(24)35-3)18-26(31)29-28-17-20-6-8-21(9-7-20)36-15-14-27/h4-13,16-17H,15,18H2,1-3H3,(H,29,31)/b28-17-. The number of hydrogen-bond donors (Lipinski definition) is 1. The van der Waals surface area contributed by atoms with Crippen molar-refractivity contribution < 1.29 is 27.4 Å². The molecule has 0 bridgehead atoms. The van der Waals surface area contributed by atoms with Crippen LogP contribution in [0.2, 0.25) is 0 Å². The van der Waals surface area contributed by atoms with Crippen molar-refractivity contribution in [3.05, 3.63) is 77.9 Å². The van der Waals surface area contributed by atoms with Gasteiger partial charge in [0.1, 0.15) is 29.9 Å². The van der Waals surface area contributed by atoms with E-state index in [9.17, 15) is 13.2 Å². The van der Waals surface area contributed by atoms with Gasteiger partial charge < -0.3 is 14.2 Å². The number of carbonyl (C=O) groups excluding carboxylic acids is 1. The third kappa shape index (κ3) is 6.99. The van der Waals surface area contributed by atoms with Crippen LogP contribution in [-0.4, -0.2) is 47.9 Å². The van der Waals surface area contributed by atoms with E-state index in [4.69, 9.17) is 19.5 Å². The number of sulfonamides is 1. The van der Waals surface area contributed by atoms with Gasteiger partial charge in [-0.05, 0) is 61.0 Å². The fourth-order valence-corrected chi connectivity index (χ4v) is 4.67. The third-order valence-electron chi connectivity index (χ3n) is 5.14. The lowest BCUT2D eigenvalue weighted by atomic mass is 10.2. The maximum absolute atomic E-state index is 13.6. The van der Waals surface area contributed by atoms with Gasteiger partial charge in [-0.1, -0.05) is 17.7 Å². The third-order valence-corrected chi connectivity index (χ3v) is 6.91. The van der Waals surface area contributed by atoms with Crippen LogP contribution in [0.25, 0.3) is 0 Å². The number of benzene rings is 3. The van der Waals surface area contributed by atoms with Crippen LogP contribution in [0, 0.1) is 18.3 Å². The minimum absolute atomic E-state index is 0.0194. The smallest absolute Gasteiger partial charge is 0.264 e. The molecule has 0 aliphatic rings. The van der Waals surface area contributed by atoms with E-state index in [1.54, 1.807) is 42.5 Å². The van der Waals surface area contributed by atoms with Crippen LogP contribution in [0.5, 0.6) is 17.2 Å². The molecule has 10 nitrogen and oxygen atoms in total. The number of carbonyl (C=O) groups is 1. The number of hydrogen-bond acceptors (Lipinski definition) is 8. The maximum Gasteiger partial charge on any atom is 0.264 e. The first-order valence-corrected chi connectivity index (χ1v) is 12.5. The lowest BCUT2D eigenvalue weighted by molar-refractivity contribution is -0.119. The number of hydrazone groups is 1. The summed E-state index contributed by atoms with van der Waals surface area (Å²) in [6.45, 7) is 1.22. The Morgan fingerprint density at radius 3 is 2.32 bits per heavy atom. The second-order valence-electron chi connectivity index (χ2n) is 7.67. The van der Waals surface area contributed by atoms with E-state index in [0.29, 0.717) is 17.1 Å². The molecule has 1 N–H and O–H groups in total. The molecule has 0 aromatic heterocycles. The first-order chi connectivity index (χ1) is 17.8. The van der Waals surface area contributed by atoms with Crippen molar-refractivity contribution >= 4 is 27.8 Å². The summed E-state index contributed by atoms with van der Waals surface area (Å²) in [6, 6.07) is 19.5. The van der Waals surface area contributed by atoms with Crippen molar-refractivity contribution in [1.29, 1.82) is 5.26 Å². The van der Waals surface area contributed by atoms with Crippen LogP contribution >= 0.6 is 0 Å². The van der Waals surface area contributed by atoms with Crippen LogP contribution in [0.15, 0.2) is 76.7 Å². The Balaban J connectivity index is 1.84. The Morgan fingerprint density at radius 2 is 1.70 bits per heavy atom. The van der Waals surface area contributed by atoms with Gasteiger partial charge in [0, 0.05) is 6.07 Å². The van der Waals surface area contributed by atoms with E-state index in [0.717, 1.165) is 9.87 Å². The summed E-state index contributed by atoms with van der Waals surface area (Å²) >= 11 is 0. The molecule has 3 aromatic carbocycles. The second kappa shape index (κ2) is 12.4. The second-order valence-corrected chi connectivity index (χ2v) is 9.53. The van der Waals surface area contributed by atoms with Gasteiger partial charge in [0.2, 0.25) is 0 Å². The molecule has 3 rings (SSSR count). The van der Waals surface area contributed by atoms with Gasteiger partial charge in [0.05, 0.1) is 31.0 Å². The molecule has 0 saturated carbocycles. The van der Waals surface area contributed by atoms with Gasteiger partial charge >= 0.3 is 0 Å². The predicted molar refractivity (Wildman–Crippen MR) is 139 cm³/mol. The van der Waals surface area contributed by atoms with Crippen LogP contribution in [-0.2, 0) is 14.8 Å². The topological polar surface area (TPSA) is 130 Å². The lowest BCUT2D eigenvalue weighted by Gasteiger charge is -2.25. The number of nitrogens with zero attached hydrogens (tertiary/aromatic N) is 3. The molecular formula is C26H26N4O6S. The molecule has 0 spiro atoms. The van der Waals surface area contributed by atoms with Crippen LogP contribution in [0.1, 0.15) is 11.1 Å². The summed E-state index contributed by atoms with van der Waals surface area (Å²) in [6.07, 6.45) is 1.40. The van der Waals surface area contributed by atoms with Crippen LogP contribution in [0.3, 0.4) is 0 Å². The first kappa shape index (κ1) is 27.0. The van der Waals surface area contributed by atoms with Gasteiger partial charge in [-0.2, -0.15) is 10.4 Å². The quantitative estimate of drug-likeness (QED) is 0.302. The summed E-state index contributed by atoms with van der Waals surface area (Å²) in [5.41, 5.74) is 4.07. The SMILES string of the molecule is COc1ccc(N(CC(=O)N/N=C\c2ccc(OCC#N)cc2)S(=O)(=O)c2ccc(C)cc2)c(OC)c1. The van der Waals surface area contributed by atoms with Crippen molar-refractivity contribution in [1.82, 2.24) is 5.43 Å². The molecule has 11 heteroatoms. The number of amides is 1. The summed E-state index contributed by atoms with van der Waals surface area (Å²) in [7, 11) is -1.27. The highest BCUT2D eigenvalue weighted by atomic mass is 32.2. The summed E-state index contributed by atoms with van der Waals surface area (Å²) in [5.74, 6) is 0.531. The number of rotatable bonds is 11. The van der Waals surface area contributed by atoms with Crippen LogP contribution in [0.4, 0.5) is 5.69 Å². The monoisotopic (exact) mass is 522 g/mol. The van der Waals surface area contributed by atoms with Gasteiger partial charge in [0.25, 0.3) is 15.9 Å². The summed E-state index contributed by atoms with van der Waals surface area (Å²) in [5, 5.41) is 12.5. The molecule has 0 saturated heterocycles. The Kier molecular flexibility index (Phi) is 9.07. The molecule has 0 radical (unpaired) electrons. The van der Waals surface area contributed by atoms with E-state index >= 15 is 0 Å². The highest BCUT2D eigenvalue weighted by Gasteiger charge is 2.29. The molecule has 1 amide bonds. The average molecular weight is 523 g/mol. The van der Waals surface area contributed by atoms with E-state index in [-0.39, 0.29) is 22.9 Å². The normalized spacial score (nSPS) is 11.0. The van der Waals surface area contributed by atoms with Crippen molar-refractivity contribution in [2.45, 2.75) is 11.8 Å². The molecule has 0 atom stereocenters. The molecule has 0 unspecified atom stereocenters. The Labute approximate surface area is 215 Å². The largest absolute Gasteiger partial charge is 0.497 e. The zero-order chi connectivity index (χ0) is 26.8. The summed E-state index contributed by atoms with van der Waals surface area (Å²) < 4.78 is 43.9. The molecule has 0 aliphatic heterocycles. The first-order valence-electron chi connectivity index (χ1n) is 11.0. The molecule has 0 heterocycles. The number of nitriles is 1. The molecule has 0 fully saturated rings. The van der Waals surface area contributed by atoms with Gasteiger partial charge in [0.15, 0.2) is 6.61 Å². The molecule has 0 aliphatic carbocycles. The van der Waals surface area contributed by atoms with E-state index in [1.165, 1.54) is 44.7 Å². The fraction of sp³-hybridized carbons (Fsp3) is 0.192. The number of anilines is 1. The van der Waals surface area contributed by atoms with Gasteiger partial charge in [-0.3, -0.25) is 9.10 Å². The minimum atomic E-state index is -4.14. The zero-order valence-corrected chi connectivity index (χ0v) is 21.4. The number of methoxy groups -OCH3 is 2. The van der Waals surface area contributed by atoms with E-state index in [2.05, 4.69) is 10.5 Å². The number of ether oxygens (including phenoxy) is 3. The van der Waals surface area contributed by atoms with Crippen molar-refractivity contribution in [2.75, 3.05) is 31.7 Å². The predicted octanol–water partition coefficient (Wildman–Crippen LogP) is 3.26. The zero-order valence-electron chi connectivity index (χ0n) is 20.5. The lowest BCUT2D eigenvalue weighted by Crippen LogP contribution is -2.39. The maximum atomic E-state index is 13.6. The Bertz CT molecular complexity index is 1400. The molecule has 37 heavy (non-hydrogen) atoms. The van der Waals surface area contributed by atoms with E-state index in [1.807, 2.05) is 13.0 Å². The van der Waals surface area contributed by atoms with Gasteiger partial charge in [-0.25, -0.2) is 13.8 Å². The minimum Gasteiger partial charge on any atom is -0.497 e. The highest BCUT2D eigenvalue weighted by molar-refractivity contribution is 7.92. The van der Waals surface area contributed by atoms with Crippen molar-refractivity contribution in [2.24, 2.45) is 5.10 Å². The van der Waals surface area contributed by atoms with E-state index < -0.39 is 22.5 Å². The fourth-order valence-electron chi connectivity index (χ4n) is 3.24. The van der Waals surface area contributed by atoms with Crippen LogP contribution < -0.4 is 23.9 Å². The average Bonchev–Trinajstić information content (AvgIpc) is 2.91. The van der Waals surface area contributed by atoms with Crippen molar-refractivity contribution in [3.63, 3.8) is 0 Å². The molecular weight excluding hydrogens is 496 g/mol. The summed E-state index contributed by atoms with van der Waals surface area (Å²) in [4.78, 5) is 12.8. The van der Waals surface area contributed by atoms with Gasteiger partial charge in [-0.15, -0.1) is 0 Å². The highest BCUT2D eigenvalue weighted by Crippen LogP contribution is 2.35. The number of nitrogens with one attached hydrogen (secondary N) is 1. The number of aryl methyl sites for hydroxylation is 1. The Morgan fingerprint density at radius 1 is 1.03 bits per heavy atom. The van der Waals surface area contributed by atoms with Crippen molar-refractivity contribution in [3.8, 4) is 23.3 Å².